The van der Waals surface area contributed by atoms with Gasteiger partial charge in [-0.05, 0) is 50.0 Å². The third kappa shape index (κ3) is 3.87. The van der Waals surface area contributed by atoms with Crippen molar-refractivity contribution in [2.45, 2.75) is 50.2 Å². The molecule has 0 aromatic rings. The minimum absolute atomic E-state index is 0.253. The normalized spacial score (nSPS) is 34.4. The van der Waals surface area contributed by atoms with Crippen molar-refractivity contribution in [1.82, 2.24) is 5.32 Å². The minimum Gasteiger partial charge on any atom is -0.481 e. The maximum Gasteiger partial charge on any atom is 0.306 e. The van der Waals surface area contributed by atoms with E-state index in [-0.39, 0.29) is 5.92 Å². The largest absolute Gasteiger partial charge is 0.481 e. The van der Waals surface area contributed by atoms with Crippen LogP contribution in [0.5, 0.6) is 0 Å². The van der Waals surface area contributed by atoms with E-state index in [0.29, 0.717) is 38.3 Å². The highest BCUT2D eigenvalue weighted by molar-refractivity contribution is 7.99. The van der Waals surface area contributed by atoms with Crippen molar-refractivity contribution < 1.29 is 15.0 Å². The van der Waals surface area contributed by atoms with E-state index in [2.05, 4.69) is 5.32 Å². The van der Waals surface area contributed by atoms with E-state index in [1.807, 2.05) is 11.8 Å². The van der Waals surface area contributed by atoms with Crippen LogP contribution in [0, 0.1) is 5.92 Å². The zero-order valence-corrected chi connectivity index (χ0v) is 11.5. The Balaban J connectivity index is 1.73. The quantitative estimate of drug-likeness (QED) is 0.724. The first-order valence-corrected chi connectivity index (χ1v) is 8.01. The molecule has 0 aromatic carbocycles. The lowest BCUT2D eigenvalue weighted by molar-refractivity contribution is -0.144. The summed E-state index contributed by atoms with van der Waals surface area (Å²) in [6.07, 6.45) is 4.79. The van der Waals surface area contributed by atoms with Crippen molar-refractivity contribution in [3.8, 4) is 0 Å². The molecule has 1 saturated heterocycles. The molecule has 18 heavy (non-hydrogen) atoms. The van der Waals surface area contributed by atoms with Gasteiger partial charge in [-0.3, -0.25) is 4.79 Å². The van der Waals surface area contributed by atoms with E-state index >= 15 is 0 Å². The van der Waals surface area contributed by atoms with Gasteiger partial charge in [-0.15, -0.1) is 0 Å². The molecule has 0 unspecified atom stereocenters. The molecule has 2 fully saturated rings. The van der Waals surface area contributed by atoms with Crippen LogP contribution >= 0.6 is 11.8 Å². The highest BCUT2D eigenvalue weighted by atomic mass is 32.2. The maximum absolute atomic E-state index is 10.9. The minimum atomic E-state index is -0.714. The summed E-state index contributed by atoms with van der Waals surface area (Å²) >= 11 is 1.99. The van der Waals surface area contributed by atoms with Gasteiger partial charge in [0.05, 0.1) is 11.5 Å². The van der Waals surface area contributed by atoms with Crippen molar-refractivity contribution in [2.24, 2.45) is 5.92 Å². The zero-order valence-electron chi connectivity index (χ0n) is 10.7. The van der Waals surface area contributed by atoms with Crippen LogP contribution in [0.2, 0.25) is 0 Å². The van der Waals surface area contributed by atoms with E-state index in [0.717, 1.165) is 0 Å². The number of hydrogen-bond donors (Lipinski definition) is 3. The lowest BCUT2D eigenvalue weighted by atomic mass is 9.78. The van der Waals surface area contributed by atoms with E-state index in [1.165, 1.54) is 24.3 Å². The van der Waals surface area contributed by atoms with Gasteiger partial charge in [0, 0.05) is 12.6 Å². The molecule has 0 atom stereocenters. The van der Waals surface area contributed by atoms with Gasteiger partial charge in [0.1, 0.15) is 0 Å². The monoisotopic (exact) mass is 273 g/mol. The summed E-state index contributed by atoms with van der Waals surface area (Å²) in [4.78, 5) is 10.9. The van der Waals surface area contributed by atoms with Gasteiger partial charge in [-0.2, -0.15) is 11.8 Å². The predicted molar refractivity (Wildman–Crippen MR) is 72.9 cm³/mol. The van der Waals surface area contributed by atoms with Crippen LogP contribution in [0.3, 0.4) is 0 Å². The molecule has 1 aliphatic heterocycles. The molecule has 0 aromatic heterocycles. The summed E-state index contributed by atoms with van der Waals surface area (Å²) in [5.74, 6) is 1.44. The molecule has 104 valence electrons. The molecule has 4 nitrogen and oxygen atoms in total. The number of carboxylic acids is 1. The second kappa shape index (κ2) is 6.26. The topological polar surface area (TPSA) is 69.6 Å². The van der Waals surface area contributed by atoms with Crippen molar-refractivity contribution in [2.75, 3.05) is 18.1 Å². The van der Waals surface area contributed by atoms with Crippen LogP contribution in [0.25, 0.3) is 0 Å². The molecular weight excluding hydrogens is 250 g/mol. The SMILES string of the molecule is O=C(O)C1CCC(O)(CNC2CCSCC2)CC1. The number of carbonyl (C=O) groups is 1. The summed E-state index contributed by atoms with van der Waals surface area (Å²) < 4.78 is 0. The molecule has 0 amide bonds. The third-order valence-corrected chi connectivity index (χ3v) is 5.26. The summed E-state index contributed by atoms with van der Waals surface area (Å²) in [5, 5.41) is 22.8. The van der Waals surface area contributed by atoms with Crippen molar-refractivity contribution in [3.05, 3.63) is 0 Å². The first-order valence-electron chi connectivity index (χ1n) is 6.85. The van der Waals surface area contributed by atoms with Crippen molar-refractivity contribution >= 4 is 17.7 Å². The fourth-order valence-corrected chi connectivity index (χ4v) is 3.92. The van der Waals surface area contributed by atoms with Gasteiger partial charge < -0.3 is 15.5 Å². The van der Waals surface area contributed by atoms with Gasteiger partial charge in [-0.1, -0.05) is 0 Å². The van der Waals surface area contributed by atoms with E-state index < -0.39 is 11.6 Å². The van der Waals surface area contributed by atoms with E-state index in [4.69, 9.17) is 5.11 Å². The van der Waals surface area contributed by atoms with Gasteiger partial charge in [0.2, 0.25) is 0 Å². The molecule has 1 saturated carbocycles. The van der Waals surface area contributed by atoms with Crippen LogP contribution in [0.1, 0.15) is 38.5 Å². The van der Waals surface area contributed by atoms with E-state index in [9.17, 15) is 9.90 Å². The Morgan fingerprint density at radius 1 is 1.22 bits per heavy atom. The Morgan fingerprint density at radius 3 is 2.39 bits per heavy atom. The Bertz CT molecular complexity index is 284. The van der Waals surface area contributed by atoms with Crippen LogP contribution in [-0.4, -0.2) is 45.9 Å². The molecule has 3 N–H and O–H groups in total. The number of hydrogen-bond acceptors (Lipinski definition) is 4. The fourth-order valence-electron chi connectivity index (χ4n) is 2.81. The maximum atomic E-state index is 10.9. The smallest absolute Gasteiger partial charge is 0.306 e. The first kappa shape index (κ1) is 14.2. The summed E-state index contributed by atoms with van der Waals surface area (Å²) in [7, 11) is 0. The molecule has 5 heteroatoms. The van der Waals surface area contributed by atoms with Gasteiger partial charge >= 0.3 is 5.97 Å². The third-order valence-electron chi connectivity index (χ3n) is 4.21. The number of rotatable bonds is 4. The zero-order chi connectivity index (χ0) is 13.0. The van der Waals surface area contributed by atoms with Crippen LogP contribution in [0.4, 0.5) is 0 Å². The lowest BCUT2D eigenvalue weighted by Gasteiger charge is -2.36. The Labute approximate surface area is 113 Å². The molecule has 2 rings (SSSR count). The Morgan fingerprint density at radius 2 is 1.83 bits per heavy atom. The molecule has 2 aliphatic rings. The molecule has 1 aliphatic carbocycles. The number of nitrogens with one attached hydrogen (secondary N) is 1. The molecule has 0 radical (unpaired) electrons. The number of aliphatic hydroxyl groups is 1. The molecular formula is C13H23NO3S. The Kier molecular flexibility index (Phi) is 4.92. The average Bonchev–Trinajstić information content (AvgIpc) is 2.38. The predicted octanol–water partition coefficient (Wildman–Crippen LogP) is 1.48. The average molecular weight is 273 g/mol. The van der Waals surface area contributed by atoms with Crippen LogP contribution < -0.4 is 5.32 Å². The standard InChI is InChI=1S/C13H23NO3S/c15-12(16)10-1-5-13(17,6-2-10)9-14-11-3-7-18-8-4-11/h10-11,14,17H,1-9H2,(H,15,16). The summed E-state index contributed by atoms with van der Waals surface area (Å²) in [6, 6.07) is 0.535. The first-order chi connectivity index (χ1) is 8.59. The highest BCUT2D eigenvalue weighted by Gasteiger charge is 2.35. The van der Waals surface area contributed by atoms with Gasteiger partial charge in [0.25, 0.3) is 0 Å². The fraction of sp³-hybridized carbons (Fsp3) is 0.923. The summed E-state index contributed by atoms with van der Waals surface area (Å²) in [5.41, 5.74) is -0.684. The van der Waals surface area contributed by atoms with E-state index in [1.54, 1.807) is 0 Å². The summed E-state index contributed by atoms with van der Waals surface area (Å²) in [6.45, 7) is 0.620. The van der Waals surface area contributed by atoms with Gasteiger partial charge in [0.15, 0.2) is 0 Å². The molecule has 0 spiro atoms. The molecule has 0 bridgehead atoms. The number of thioether (sulfide) groups is 1. The van der Waals surface area contributed by atoms with Crippen molar-refractivity contribution in [3.63, 3.8) is 0 Å². The second-order valence-electron chi connectivity index (χ2n) is 5.60. The lowest BCUT2D eigenvalue weighted by Crippen LogP contribution is -2.48. The number of aliphatic carboxylic acids is 1. The van der Waals surface area contributed by atoms with Crippen LogP contribution in [0.15, 0.2) is 0 Å². The van der Waals surface area contributed by atoms with Crippen molar-refractivity contribution in [1.29, 1.82) is 0 Å². The highest BCUT2D eigenvalue weighted by Crippen LogP contribution is 2.32. The number of carboxylic acid groups (broad SMARTS) is 1. The van der Waals surface area contributed by atoms with Crippen LogP contribution in [-0.2, 0) is 4.79 Å². The van der Waals surface area contributed by atoms with Gasteiger partial charge in [-0.25, -0.2) is 0 Å². The Hall–Kier alpha value is -0.260. The second-order valence-corrected chi connectivity index (χ2v) is 6.83. The molecule has 1 heterocycles.